The van der Waals surface area contributed by atoms with Crippen LogP contribution in [0.1, 0.15) is 51.3 Å². The van der Waals surface area contributed by atoms with Crippen molar-refractivity contribution in [3.8, 4) is 0 Å². The van der Waals surface area contributed by atoms with Gasteiger partial charge in [-0.15, -0.1) is 0 Å². The number of hydrogen-bond donors (Lipinski definition) is 0. The maximum Gasteiger partial charge on any atom is 0.260 e. The molecule has 6 heteroatoms. The number of ketones is 1. The van der Waals surface area contributed by atoms with Gasteiger partial charge in [0.2, 0.25) is 0 Å². The van der Waals surface area contributed by atoms with Crippen LogP contribution in [0.5, 0.6) is 0 Å². The number of carbonyl (C=O) groups excluding carboxylic acids is 2. The zero-order valence-corrected chi connectivity index (χ0v) is 21.6. The second-order valence-electron chi connectivity index (χ2n) is 8.68. The molecule has 0 saturated carbocycles. The van der Waals surface area contributed by atoms with E-state index in [1.165, 1.54) is 5.56 Å². The van der Waals surface area contributed by atoms with E-state index in [2.05, 4.69) is 44.7 Å². The lowest BCUT2D eigenvalue weighted by molar-refractivity contribution is 0.0981. The number of aromatic nitrogens is 1. The summed E-state index contributed by atoms with van der Waals surface area (Å²) in [4.78, 5) is 35.4. The molecule has 1 aromatic heterocycles. The quantitative estimate of drug-likeness (QED) is 0.268. The van der Waals surface area contributed by atoms with E-state index in [4.69, 9.17) is 4.98 Å². The number of anilines is 1. The second kappa shape index (κ2) is 10.9. The van der Waals surface area contributed by atoms with E-state index in [9.17, 15) is 9.59 Å². The Morgan fingerprint density at radius 2 is 1.46 bits per heavy atom. The van der Waals surface area contributed by atoms with Crippen LogP contribution in [0.25, 0.3) is 10.2 Å². The van der Waals surface area contributed by atoms with Crippen molar-refractivity contribution < 1.29 is 9.59 Å². The van der Waals surface area contributed by atoms with Crippen LogP contribution >= 0.6 is 11.3 Å². The van der Waals surface area contributed by atoms with Gasteiger partial charge in [0.1, 0.15) is 0 Å². The van der Waals surface area contributed by atoms with Gasteiger partial charge in [-0.05, 0) is 56.3 Å². The van der Waals surface area contributed by atoms with Crippen molar-refractivity contribution in [2.75, 3.05) is 31.1 Å². The molecule has 0 saturated heterocycles. The summed E-state index contributed by atoms with van der Waals surface area (Å²) in [5.41, 5.74) is 4.98. The molecule has 0 unspecified atom stereocenters. The molecule has 4 aromatic rings. The van der Waals surface area contributed by atoms with Gasteiger partial charge in [0.05, 0.1) is 10.2 Å². The molecule has 4 rings (SSSR count). The number of benzene rings is 3. The summed E-state index contributed by atoms with van der Waals surface area (Å²) in [6.45, 7) is 11.5. The summed E-state index contributed by atoms with van der Waals surface area (Å²) in [5.74, 6) is -0.163. The van der Waals surface area contributed by atoms with Crippen molar-refractivity contribution in [3.05, 3.63) is 94.5 Å². The van der Waals surface area contributed by atoms with Crippen molar-refractivity contribution in [2.24, 2.45) is 0 Å². The highest BCUT2D eigenvalue weighted by Crippen LogP contribution is 2.32. The maximum absolute atomic E-state index is 13.7. The molecule has 1 amide bonds. The fraction of sp³-hybridized carbons (Fsp3) is 0.276. The van der Waals surface area contributed by atoms with Gasteiger partial charge in [0.15, 0.2) is 10.9 Å². The number of fused-ring (bicyclic) bond motifs is 1. The smallest absolute Gasteiger partial charge is 0.260 e. The molecule has 1 heterocycles. The lowest BCUT2D eigenvalue weighted by Gasteiger charge is -2.24. The second-order valence-corrected chi connectivity index (χ2v) is 9.69. The predicted molar refractivity (Wildman–Crippen MR) is 145 cm³/mol. The number of hydrogen-bond acceptors (Lipinski definition) is 5. The molecule has 180 valence electrons. The summed E-state index contributed by atoms with van der Waals surface area (Å²) in [6.07, 6.45) is 0. The van der Waals surface area contributed by atoms with Gasteiger partial charge in [-0.3, -0.25) is 14.5 Å². The largest absolute Gasteiger partial charge is 0.302 e. The number of rotatable bonds is 9. The molecule has 0 bridgehead atoms. The topological polar surface area (TPSA) is 53.5 Å². The summed E-state index contributed by atoms with van der Waals surface area (Å²) >= 11 is 1.55. The molecular formula is C29H31N3O2S. The van der Waals surface area contributed by atoms with Crippen molar-refractivity contribution in [2.45, 2.75) is 27.7 Å². The standard InChI is InChI=1S/C29H31N3O2S/c1-5-31(6-2)16-17-32(29-30-26-21(4)18-20(3)19-25(26)35-29)28(34)24-14-12-23(13-15-24)27(33)22-10-8-7-9-11-22/h7-15,18-19H,5-6,16-17H2,1-4H3. The first-order valence-corrected chi connectivity index (χ1v) is 12.8. The number of nitrogens with zero attached hydrogens (tertiary/aromatic N) is 3. The highest BCUT2D eigenvalue weighted by molar-refractivity contribution is 7.22. The van der Waals surface area contributed by atoms with Gasteiger partial charge in [0, 0.05) is 29.8 Å². The first-order chi connectivity index (χ1) is 16.9. The molecular weight excluding hydrogens is 454 g/mol. The molecule has 35 heavy (non-hydrogen) atoms. The Morgan fingerprint density at radius 1 is 0.829 bits per heavy atom. The summed E-state index contributed by atoms with van der Waals surface area (Å²) in [6, 6.07) is 20.4. The Hall–Kier alpha value is -3.35. The lowest BCUT2D eigenvalue weighted by Crippen LogP contribution is -2.38. The van der Waals surface area contributed by atoms with Crippen LogP contribution < -0.4 is 4.90 Å². The average molecular weight is 486 g/mol. The zero-order chi connectivity index (χ0) is 24.9. The van der Waals surface area contributed by atoms with Gasteiger partial charge in [-0.25, -0.2) is 4.98 Å². The van der Waals surface area contributed by atoms with Crippen LogP contribution in [0, 0.1) is 13.8 Å². The molecule has 0 radical (unpaired) electrons. The molecule has 5 nitrogen and oxygen atoms in total. The summed E-state index contributed by atoms with van der Waals surface area (Å²) in [7, 11) is 0. The fourth-order valence-electron chi connectivity index (χ4n) is 4.22. The van der Waals surface area contributed by atoms with Gasteiger partial charge < -0.3 is 4.90 Å². The van der Waals surface area contributed by atoms with Crippen LogP contribution in [-0.4, -0.2) is 47.8 Å². The average Bonchev–Trinajstić information content (AvgIpc) is 3.30. The van der Waals surface area contributed by atoms with E-state index < -0.39 is 0 Å². The zero-order valence-electron chi connectivity index (χ0n) is 20.7. The number of thiazole rings is 1. The monoisotopic (exact) mass is 485 g/mol. The molecule has 0 fully saturated rings. The van der Waals surface area contributed by atoms with Crippen LogP contribution in [0.2, 0.25) is 0 Å². The van der Waals surface area contributed by atoms with Crippen LogP contribution in [0.3, 0.4) is 0 Å². The van der Waals surface area contributed by atoms with Gasteiger partial charge in [-0.2, -0.15) is 0 Å². The highest BCUT2D eigenvalue weighted by Gasteiger charge is 2.23. The van der Waals surface area contributed by atoms with E-state index in [0.29, 0.717) is 28.4 Å². The Labute approximate surface area is 211 Å². The minimum Gasteiger partial charge on any atom is -0.302 e. The molecule has 0 spiro atoms. The Morgan fingerprint density at radius 3 is 2.11 bits per heavy atom. The summed E-state index contributed by atoms with van der Waals surface area (Å²) in [5, 5.41) is 0.704. The third-order valence-electron chi connectivity index (χ3n) is 6.26. The van der Waals surface area contributed by atoms with Crippen molar-refractivity contribution in [1.29, 1.82) is 0 Å². The first kappa shape index (κ1) is 24.8. The number of likely N-dealkylation sites (N-methyl/N-ethyl adjacent to an activating group) is 1. The van der Waals surface area contributed by atoms with Crippen molar-refractivity contribution in [1.82, 2.24) is 9.88 Å². The number of amides is 1. The fourth-order valence-corrected chi connectivity index (χ4v) is 5.38. The molecule has 0 aliphatic carbocycles. The van der Waals surface area contributed by atoms with Crippen LogP contribution in [0.4, 0.5) is 5.13 Å². The van der Waals surface area contributed by atoms with Crippen molar-refractivity contribution >= 4 is 38.4 Å². The Kier molecular flexibility index (Phi) is 7.73. The summed E-state index contributed by atoms with van der Waals surface area (Å²) < 4.78 is 1.09. The number of aryl methyl sites for hydroxylation is 2. The maximum atomic E-state index is 13.7. The van der Waals surface area contributed by atoms with E-state index in [0.717, 1.165) is 35.4 Å². The Balaban J connectivity index is 1.64. The number of carbonyl (C=O) groups is 2. The molecule has 0 atom stereocenters. The van der Waals surface area contributed by atoms with Gasteiger partial charge >= 0.3 is 0 Å². The first-order valence-electron chi connectivity index (χ1n) is 12.0. The third kappa shape index (κ3) is 5.50. The SMILES string of the molecule is CCN(CC)CCN(C(=O)c1ccc(C(=O)c2ccccc2)cc1)c1nc2c(C)cc(C)cc2s1. The molecule has 0 aliphatic rings. The van der Waals surface area contributed by atoms with Crippen molar-refractivity contribution in [3.63, 3.8) is 0 Å². The molecule has 3 aromatic carbocycles. The van der Waals surface area contributed by atoms with Gasteiger partial charge in [0.25, 0.3) is 5.91 Å². The third-order valence-corrected chi connectivity index (χ3v) is 7.28. The Bertz CT molecular complexity index is 1330. The van der Waals surface area contributed by atoms with E-state index in [1.54, 1.807) is 52.6 Å². The lowest BCUT2D eigenvalue weighted by atomic mass is 10.0. The van der Waals surface area contributed by atoms with Crippen LogP contribution in [0.15, 0.2) is 66.7 Å². The van der Waals surface area contributed by atoms with E-state index in [1.807, 2.05) is 18.2 Å². The minimum atomic E-state index is -0.107. The molecule has 0 N–H and O–H groups in total. The minimum absolute atomic E-state index is 0.0555. The molecule has 0 aliphatic heterocycles. The van der Waals surface area contributed by atoms with Crippen LogP contribution in [-0.2, 0) is 0 Å². The van der Waals surface area contributed by atoms with Gasteiger partial charge in [-0.1, -0.05) is 73.7 Å². The predicted octanol–water partition coefficient (Wildman–Crippen LogP) is 6.13. The van der Waals surface area contributed by atoms with E-state index >= 15 is 0 Å². The normalized spacial score (nSPS) is 11.2. The van der Waals surface area contributed by atoms with E-state index in [-0.39, 0.29) is 11.7 Å². The highest BCUT2D eigenvalue weighted by atomic mass is 32.1.